The molecule has 1 aromatic rings. The third-order valence-electron chi connectivity index (χ3n) is 1.52. The van der Waals surface area contributed by atoms with Crippen LogP contribution in [0.1, 0.15) is 23.0 Å². The lowest BCUT2D eigenvalue weighted by Crippen LogP contribution is -2.04. The van der Waals surface area contributed by atoms with Crippen LogP contribution >= 0.6 is 0 Å². The molecule has 0 aliphatic carbocycles. The number of carboxylic acids is 1. The van der Waals surface area contributed by atoms with E-state index in [0.717, 1.165) is 6.07 Å². The second kappa shape index (κ2) is 3.35. The Morgan fingerprint density at radius 3 is 2.77 bits per heavy atom. The van der Waals surface area contributed by atoms with Crippen LogP contribution in [-0.2, 0) is 0 Å². The zero-order valence-corrected chi connectivity index (χ0v) is 7.04. The summed E-state index contributed by atoms with van der Waals surface area (Å²) in [6.45, 7) is 5.06. The lowest BCUT2D eigenvalue weighted by Gasteiger charge is -2.02. The quantitative estimate of drug-likeness (QED) is 0.758. The number of aromatic nitrogens is 1. The molecule has 1 N–H and O–H groups in total. The van der Waals surface area contributed by atoms with Gasteiger partial charge in [0.25, 0.3) is 0 Å². The number of hydrogen-bond donors (Lipinski definition) is 1. The molecule has 68 valence electrons. The fourth-order valence-corrected chi connectivity index (χ4v) is 0.906. The molecule has 0 aliphatic rings. The molecule has 0 unspecified atom stereocenters. The molecule has 0 amide bonds. The summed E-state index contributed by atoms with van der Waals surface area (Å²) in [5.74, 6) is -2.13. The van der Waals surface area contributed by atoms with Crippen LogP contribution in [0.4, 0.5) is 4.39 Å². The van der Waals surface area contributed by atoms with Crippen LogP contribution in [0.3, 0.4) is 0 Å². The van der Waals surface area contributed by atoms with Crippen molar-refractivity contribution in [3.05, 3.63) is 35.9 Å². The van der Waals surface area contributed by atoms with E-state index >= 15 is 0 Å². The Bertz CT molecular complexity index is 342. The van der Waals surface area contributed by atoms with E-state index in [4.69, 9.17) is 5.11 Å². The summed E-state index contributed by atoms with van der Waals surface area (Å²) in [5.41, 5.74) is 0.0218. The first kappa shape index (κ1) is 9.38. The highest BCUT2D eigenvalue weighted by Crippen LogP contribution is 2.16. The van der Waals surface area contributed by atoms with Gasteiger partial charge in [-0.1, -0.05) is 6.58 Å². The van der Waals surface area contributed by atoms with Gasteiger partial charge in [0.2, 0.25) is 0 Å². The number of aromatic carboxylic acids is 1. The molecule has 0 aliphatic heterocycles. The SMILES string of the molecule is C=C(C)c1nccc(C(=O)O)c1F. The van der Waals surface area contributed by atoms with E-state index in [1.165, 1.54) is 6.20 Å². The fourth-order valence-electron chi connectivity index (χ4n) is 0.906. The summed E-state index contributed by atoms with van der Waals surface area (Å²) < 4.78 is 13.3. The van der Waals surface area contributed by atoms with Crippen molar-refractivity contribution in [3.63, 3.8) is 0 Å². The van der Waals surface area contributed by atoms with Crippen molar-refractivity contribution < 1.29 is 14.3 Å². The lowest BCUT2D eigenvalue weighted by molar-refractivity contribution is 0.0691. The first-order chi connectivity index (χ1) is 6.04. The molecular weight excluding hydrogens is 173 g/mol. The maximum absolute atomic E-state index is 13.3. The van der Waals surface area contributed by atoms with Crippen LogP contribution in [-0.4, -0.2) is 16.1 Å². The maximum atomic E-state index is 13.3. The Morgan fingerprint density at radius 1 is 1.69 bits per heavy atom. The van der Waals surface area contributed by atoms with E-state index in [1.807, 2.05) is 0 Å². The third-order valence-corrected chi connectivity index (χ3v) is 1.52. The third kappa shape index (κ3) is 1.72. The molecule has 1 rings (SSSR count). The van der Waals surface area contributed by atoms with Crippen molar-refractivity contribution >= 4 is 11.5 Å². The van der Waals surface area contributed by atoms with Gasteiger partial charge in [-0.3, -0.25) is 4.98 Å². The summed E-state index contributed by atoms with van der Waals surface area (Å²) in [5, 5.41) is 8.57. The minimum absolute atomic E-state index is 0.0000926. The Balaban J connectivity index is 3.35. The summed E-state index contributed by atoms with van der Waals surface area (Å²) in [7, 11) is 0. The molecule has 0 aromatic carbocycles. The average molecular weight is 181 g/mol. The number of nitrogens with zero attached hydrogens (tertiary/aromatic N) is 1. The Kier molecular flexibility index (Phi) is 2.41. The van der Waals surface area contributed by atoms with Crippen molar-refractivity contribution in [1.29, 1.82) is 0 Å². The van der Waals surface area contributed by atoms with E-state index < -0.39 is 11.8 Å². The van der Waals surface area contributed by atoms with E-state index in [9.17, 15) is 9.18 Å². The topological polar surface area (TPSA) is 50.2 Å². The maximum Gasteiger partial charge on any atom is 0.338 e. The lowest BCUT2D eigenvalue weighted by atomic mass is 10.1. The molecule has 0 radical (unpaired) electrons. The predicted molar refractivity (Wildman–Crippen MR) is 45.9 cm³/mol. The highest BCUT2D eigenvalue weighted by atomic mass is 19.1. The Labute approximate surface area is 74.5 Å². The van der Waals surface area contributed by atoms with Gasteiger partial charge in [0.05, 0.1) is 5.56 Å². The van der Waals surface area contributed by atoms with E-state index in [2.05, 4.69) is 11.6 Å². The second-order valence-electron chi connectivity index (χ2n) is 2.61. The van der Waals surface area contributed by atoms with Crippen LogP contribution in [0.2, 0.25) is 0 Å². The summed E-state index contributed by atoms with van der Waals surface area (Å²) >= 11 is 0. The largest absolute Gasteiger partial charge is 0.478 e. The fraction of sp³-hybridized carbons (Fsp3) is 0.111. The van der Waals surface area contributed by atoms with Crippen LogP contribution in [0, 0.1) is 5.82 Å². The van der Waals surface area contributed by atoms with Crippen molar-refractivity contribution in [3.8, 4) is 0 Å². The highest BCUT2D eigenvalue weighted by molar-refractivity contribution is 5.88. The molecule has 1 aromatic heterocycles. The molecule has 4 heteroatoms. The predicted octanol–water partition coefficient (Wildman–Crippen LogP) is 1.95. The van der Waals surface area contributed by atoms with E-state index in [0.29, 0.717) is 5.57 Å². The van der Waals surface area contributed by atoms with E-state index in [-0.39, 0.29) is 11.3 Å². The molecular formula is C9H8FNO2. The number of rotatable bonds is 2. The van der Waals surface area contributed by atoms with Crippen molar-refractivity contribution in [2.75, 3.05) is 0 Å². The van der Waals surface area contributed by atoms with Gasteiger partial charge in [-0.15, -0.1) is 0 Å². The normalized spacial score (nSPS) is 9.69. The molecule has 1 heterocycles. The van der Waals surface area contributed by atoms with Gasteiger partial charge in [0.1, 0.15) is 5.69 Å². The number of allylic oxidation sites excluding steroid dienone is 1. The second-order valence-corrected chi connectivity index (χ2v) is 2.61. The molecule has 0 saturated heterocycles. The zero-order chi connectivity index (χ0) is 10.0. The van der Waals surface area contributed by atoms with E-state index in [1.54, 1.807) is 6.92 Å². The first-order valence-electron chi connectivity index (χ1n) is 3.57. The van der Waals surface area contributed by atoms with Crippen molar-refractivity contribution in [1.82, 2.24) is 4.98 Å². The molecule has 0 saturated carbocycles. The molecule has 0 fully saturated rings. The van der Waals surface area contributed by atoms with Crippen molar-refractivity contribution in [2.45, 2.75) is 6.92 Å². The van der Waals surface area contributed by atoms with Gasteiger partial charge in [-0.05, 0) is 18.6 Å². The number of carboxylic acid groups (broad SMARTS) is 1. The number of carbonyl (C=O) groups is 1. The van der Waals surface area contributed by atoms with Crippen LogP contribution in [0.5, 0.6) is 0 Å². The Morgan fingerprint density at radius 2 is 2.31 bits per heavy atom. The number of halogens is 1. The molecule has 0 spiro atoms. The van der Waals surface area contributed by atoms with Crippen LogP contribution < -0.4 is 0 Å². The Hall–Kier alpha value is -1.71. The summed E-state index contributed by atoms with van der Waals surface area (Å²) in [6, 6.07) is 1.12. The van der Waals surface area contributed by atoms with Crippen LogP contribution in [0.15, 0.2) is 18.8 Å². The zero-order valence-electron chi connectivity index (χ0n) is 7.04. The summed E-state index contributed by atoms with van der Waals surface area (Å²) in [6.07, 6.45) is 1.25. The number of pyridine rings is 1. The molecule has 13 heavy (non-hydrogen) atoms. The monoisotopic (exact) mass is 181 g/mol. The van der Waals surface area contributed by atoms with Gasteiger partial charge in [-0.2, -0.15) is 0 Å². The standard InChI is InChI=1S/C9H8FNO2/c1-5(2)8-7(10)6(9(12)13)3-4-11-8/h3-4H,1H2,2H3,(H,12,13). The van der Waals surface area contributed by atoms with Crippen molar-refractivity contribution in [2.24, 2.45) is 0 Å². The summed E-state index contributed by atoms with van der Waals surface area (Å²) in [4.78, 5) is 14.2. The minimum Gasteiger partial charge on any atom is -0.478 e. The van der Waals surface area contributed by atoms with Gasteiger partial charge in [0, 0.05) is 6.20 Å². The number of hydrogen-bond acceptors (Lipinski definition) is 2. The molecule has 0 bridgehead atoms. The van der Waals surface area contributed by atoms with Gasteiger partial charge in [0.15, 0.2) is 5.82 Å². The minimum atomic E-state index is -1.30. The smallest absolute Gasteiger partial charge is 0.338 e. The average Bonchev–Trinajstić information content (AvgIpc) is 2.03. The van der Waals surface area contributed by atoms with Crippen LogP contribution in [0.25, 0.3) is 5.57 Å². The van der Waals surface area contributed by atoms with Gasteiger partial charge >= 0.3 is 5.97 Å². The molecule has 3 nitrogen and oxygen atoms in total. The van der Waals surface area contributed by atoms with Gasteiger partial charge < -0.3 is 5.11 Å². The molecule has 0 atom stereocenters. The highest BCUT2D eigenvalue weighted by Gasteiger charge is 2.14. The first-order valence-corrected chi connectivity index (χ1v) is 3.57. The van der Waals surface area contributed by atoms with Gasteiger partial charge in [-0.25, -0.2) is 9.18 Å².